The molecule has 0 spiro atoms. The first kappa shape index (κ1) is 14.5. The van der Waals surface area contributed by atoms with Gasteiger partial charge < -0.3 is 5.32 Å². The van der Waals surface area contributed by atoms with Gasteiger partial charge in [-0.25, -0.2) is 0 Å². The van der Waals surface area contributed by atoms with Crippen molar-refractivity contribution in [2.24, 2.45) is 0 Å². The second-order valence-electron chi connectivity index (χ2n) is 4.13. The van der Waals surface area contributed by atoms with Gasteiger partial charge in [0.05, 0.1) is 11.5 Å². The van der Waals surface area contributed by atoms with Gasteiger partial charge in [0.1, 0.15) is 5.56 Å². The Hall–Kier alpha value is -1.92. The summed E-state index contributed by atoms with van der Waals surface area (Å²) >= 11 is 7.24. The first-order valence-electron chi connectivity index (χ1n) is 5.74. The van der Waals surface area contributed by atoms with Crippen LogP contribution in [-0.2, 0) is 6.54 Å². The number of thiophene rings is 1. The minimum atomic E-state index is -0.614. The molecule has 0 radical (unpaired) electrons. The molecular formula is C13H11ClN2O3S. The third-order valence-electron chi connectivity index (χ3n) is 2.78. The highest BCUT2D eigenvalue weighted by molar-refractivity contribution is 7.10. The highest BCUT2D eigenvalue weighted by Gasteiger charge is 2.20. The average molecular weight is 311 g/mol. The number of nitro benzene ring substituents is 1. The Morgan fingerprint density at radius 1 is 1.45 bits per heavy atom. The van der Waals surface area contributed by atoms with Crippen molar-refractivity contribution in [2.45, 2.75) is 13.5 Å². The summed E-state index contributed by atoms with van der Waals surface area (Å²) in [5.74, 6) is -0.485. The number of nitro groups is 1. The smallest absolute Gasteiger partial charge is 0.283 e. The molecule has 1 aromatic carbocycles. The van der Waals surface area contributed by atoms with E-state index in [-0.39, 0.29) is 16.3 Å². The van der Waals surface area contributed by atoms with Crippen molar-refractivity contribution in [3.63, 3.8) is 0 Å². The van der Waals surface area contributed by atoms with Crippen LogP contribution in [0.5, 0.6) is 0 Å². The highest BCUT2D eigenvalue weighted by atomic mass is 35.5. The number of carbonyl (C=O) groups is 1. The first-order valence-corrected chi connectivity index (χ1v) is 7.00. The van der Waals surface area contributed by atoms with Gasteiger partial charge in [0.2, 0.25) is 0 Å². The molecule has 0 aliphatic rings. The van der Waals surface area contributed by atoms with Crippen LogP contribution in [0, 0.1) is 17.0 Å². The molecule has 0 saturated carbocycles. The predicted molar refractivity (Wildman–Crippen MR) is 78.3 cm³/mol. The van der Waals surface area contributed by atoms with E-state index in [1.54, 1.807) is 0 Å². The van der Waals surface area contributed by atoms with Crippen LogP contribution in [-0.4, -0.2) is 10.8 Å². The topological polar surface area (TPSA) is 72.2 Å². The summed E-state index contributed by atoms with van der Waals surface area (Å²) in [6.07, 6.45) is 0. The van der Waals surface area contributed by atoms with Crippen molar-refractivity contribution in [1.29, 1.82) is 0 Å². The number of rotatable bonds is 4. The molecular weight excluding hydrogens is 300 g/mol. The summed E-state index contributed by atoms with van der Waals surface area (Å²) in [6, 6.07) is 5.95. The minimum Gasteiger partial charge on any atom is -0.347 e. The largest absolute Gasteiger partial charge is 0.347 e. The second kappa shape index (κ2) is 6.02. The summed E-state index contributed by atoms with van der Waals surface area (Å²) in [5, 5.41) is 15.8. The van der Waals surface area contributed by atoms with Crippen molar-refractivity contribution in [1.82, 2.24) is 5.32 Å². The Morgan fingerprint density at radius 3 is 2.80 bits per heavy atom. The minimum absolute atomic E-state index is 0.00797. The first-order chi connectivity index (χ1) is 9.49. The lowest BCUT2D eigenvalue weighted by Crippen LogP contribution is -2.23. The Labute approximate surface area is 124 Å². The monoisotopic (exact) mass is 310 g/mol. The van der Waals surface area contributed by atoms with Crippen LogP contribution in [0.15, 0.2) is 29.6 Å². The van der Waals surface area contributed by atoms with Gasteiger partial charge in [-0.3, -0.25) is 14.9 Å². The molecule has 0 saturated heterocycles. The van der Waals surface area contributed by atoms with E-state index in [0.717, 1.165) is 10.4 Å². The van der Waals surface area contributed by atoms with Gasteiger partial charge >= 0.3 is 0 Å². The summed E-state index contributed by atoms with van der Waals surface area (Å²) in [7, 11) is 0. The maximum atomic E-state index is 12.0. The number of nitrogens with zero attached hydrogens (tertiary/aromatic N) is 1. The van der Waals surface area contributed by atoms with E-state index in [0.29, 0.717) is 6.54 Å². The summed E-state index contributed by atoms with van der Waals surface area (Å²) in [6.45, 7) is 2.30. The van der Waals surface area contributed by atoms with E-state index in [9.17, 15) is 14.9 Å². The van der Waals surface area contributed by atoms with Gasteiger partial charge in [-0.05, 0) is 36.1 Å². The molecule has 0 aliphatic heterocycles. The molecule has 0 atom stereocenters. The highest BCUT2D eigenvalue weighted by Crippen LogP contribution is 2.23. The molecule has 0 fully saturated rings. The Balaban J connectivity index is 2.17. The second-order valence-corrected chi connectivity index (χ2v) is 5.57. The van der Waals surface area contributed by atoms with E-state index < -0.39 is 10.8 Å². The number of benzene rings is 1. The van der Waals surface area contributed by atoms with Crippen molar-refractivity contribution in [3.05, 3.63) is 60.8 Å². The molecule has 0 bridgehead atoms. The van der Waals surface area contributed by atoms with Gasteiger partial charge in [-0.15, -0.1) is 11.3 Å². The maximum Gasteiger partial charge on any atom is 0.283 e. The zero-order valence-corrected chi connectivity index (χ0v) is 12.1. The van der Waals surface area contributed by atoms with Crippen LogP contribution in [0.1, 0.15) is 20.8 Å². The Morgan fingerprint density at radius 2 is 2.20 bits per heavy atom. The zero-order chi connectivity index (χ0) is 14.7. The normalized spacial score (nSPS) is 10.3. The van der Waals surface area contributed by atoms with Gasteiger partial charge in [-0.1, -0.05) is 11.6 Å². The van der Waals surface area contributed by atoms with E-state index >= 15 is 0 Å². The lowest BCUT2D eigenvalue weighted by atomic mass is 10.1. The van der Waals surface area contributed by atoms with Crippen molar-refractivity contribution < 1.29 is 9.72 Å². The zero-order valence-electron chi connectivity index (χ0n) is 10.6. The van der Waals surface area contributed by atoms with Gasteiger partial charge in [-0.2, -0.15) is 0 Å². The number of aryl methyl sites for hydroxylation is 1. The molecule has 1 heterocycles. The molecule has 1 amide bonds. The molecule has 0 unspecified atom stereocenters. The molecule has 7 heteroatoms. The number of hydrogen-bond donors (Lipinski definition) is 1. The lowest BCUT2D eigenvalue weighted by molar-refractivity contribution is -0.385. The van der Waals surface area contributed by atoms with E-state index in [1.165, 1.54) is 29.5 Å². The summed E-state index contributed by atoms with van der Waals surface area (Å²) < 4.78 is 0. The van der Waals surface area contributed by atoms with Gasteiger partial charge in [0, 0.05) is 16.0 Å². The van der Waals surface area contributed by atoms with E-state index in [4.69, 9.17) is 11.6 Å². The molecule has 1 aromatic heterocycles. The van der Waals surface area contributed by atoms with Crippen molar-refractivity contribution >= 4 is 34.5 Å². The number of amides is 1. The van der Waals surface area contributed by atoms with Gasteiger partial charge in [0.15, 0.2) is 0 Å². The average Bonchev–Trinajstić information content (AvgIpc) is 2.81. The van der Waals surface area contributed by atoms with Crippen molar-refractivity contribution in [2.75, 3.05) is 0 Å². The summed E-state index contributed by atoms with van der Waals surface area (Å²) in [5.41, 5.74) is 0.799. The fourth-order valence-electron chi connectivity index (χ4n) is 1.69. The van der Waals surface area contributed by atoms with Crippen LogP contribution in [0.25, 0.3) is 0 Å². The van der Waals surface area contributed by atoms with E-state index in [2.05, 4.69) is 5.32 Å². The standard InChI is InChI=1S/C13H11ClN2O3S/c1-8-4-5-20-12(8)7-15-13(17)10-3-2-9(14)6-11(10)16(18)19/h2-6H,7H2,1H3,(H,15,17). The Kier molecular flexibility index (Phi) is 4.36. The van der Waals surface area contributed by atoms with Crippen LogP contribution in [0.4, 0.5) is 5.69 Å². The number of halogens is 1. The molecule has 1 N–H and O–H groups in total. The van der Waals surface area contributed by atoms with E-state index in [1.807, 2.05) is 18.4 Å². The Bertz CT molecular complexity index is 669. The fraction of sp³-hybridized carbons (Fsp3) is 0.154. The SMILES string of the molecule is Cc1ccsc1CNC(=O)c1ccc(Cl)cc1[N+](=O)[O-]. The number of carbonyl (C=O) groups excluding carboxylic acids is 1. The quantitative estimate of drug-likeness (QED) is 0.693. The molecule has 2 rings (SSSR count). The van der Waals surface area contributed by atoms with Crippen LogP contribution < -0.4 is 5.32 Å². The number of hydrogen-bond acceptors (Lipinski definition) is 4. The molecule has 5 nitrogen and oxygen atoms in total. The van der Waals surface area contributed by atoms with Crippen molar-refractivity contribution in [3.8, 4) is 0 Å². The predicted octanol–water partition coefficient (Wildman–Crippen LogP) is 3.55. The number of nitrogens with one attached hydrogen (secondary N) is 1. The molecule has 2 aromatic rings. The molecule has 20 heavy (non-hydrogen) atoms. The fourth-order valence-corrected chi connectivity index (χ4v) is 2.70. The lowest BCUT2D eigenvalue weighted by Gasteiger charge is -2.06. The molecule has 0 aliphatic carbocycles. The third kappa shape index (κ3) is 3.15. The van der Waals surface area contributed by atoms with Gasteiger partial charge in [0.25, 0.3) is 11.6 Å². The molecule has 104 valence electrons. The van der Waals surface area contributed by atoms with Crippen LogP contribution >= 0.6 is 22.9 Å². The summed E-state index contributed by atoms with van der Waals surface area (Å²) in [4.78, 5) is 23.4. The third-order valence-corrected chi connectivity index (χ3v) is 4.04. The maximum absolute atomic E-state index is 12.0. The van der Waals surface area contributed by atoms with Crippen LogP contribution in [0.2, 0.25) is 5.02 Å². The van der Waals surface area contributed by atoms with Crippen LogP contribution in [0.3, 0.4) is 0 Å².